The van der Waals surface area contributed by atoms with Gasteiger partial charge in [0.1, 0.15) is 6.04 Å². The Morgan fingerprint density at radius 3 is 2.32 bits per heavy atom. The highest BCUT2D eigenvalue weighted by Gasteiger charge is 2.21. The smallest absolute Gasteiger partial charge is 0.305 e. The Hall–Kier alpha value is -3.15. The van der Waals surface area contributed by atoms with Gasteiger partial charge >= 0.3 is 5.97 Å². The third-order valence-electron chi connectivity index (χ3n) is 4.30. The van der Waals surface area contributed by atoms with Crippen molar-refractivity contribution in [1.82, 2.24) is 10.6 Å². The lowest BCUT2D eigenvalue weighted by atomic mass is 10.0. The number of rotatable bonds is 9. The Morgan fingerprint density at radius 2 is 1.68 bits per heavy atom. The third kappa shape index (κ3) is 6.87. The normalized spacial score (nSPS) is 11.4. The first-order valence-electron chi connectivity index (χ1n) is 9.25. The zero-order chi connectivity index (χ0) is 20.4. The molecule has 0 radical (unpaired) electrons. The second-order valence-corrected chi connectivity index (χ2v) is 6.55. The first-order valence-corrected chi connectivity index (χ1v) is 9.25. The van der Waals surface area contributed by atoms with E-state index >= 15 is 0 Å². The van der Waals surface area contributed by atoms with Gasteiger partial charge in [-0.2, -0.15) is 0 Å². The maximum atomic E-state index is 12.6. The third-order valence-corrected chi connectivity index (χ3v) is 4.30. The lowest BCUT2D eigenvalue weighted by Crippen LogP contribution is -2.48. The summed E-state index contributed by atoms with van der Waals surface area (Å²) < 4.78 is 4.59. The molecule has 6 nitrogen and oxygen atoms in total. The second-order valence-electron chi connectivity index (χ2n) is 6.55. The van der Waals surface area contributed by atoms with Crippen molar-refractivity contribution in [1.29, 1.82) is 0 Å². The largest absolute Gasteiger partial charge is 0.469 e. The van der Waals surface area contributed by atoms with E-state index in [-0.39, 0.29) is 24.2 Å². The molecule has 0 saturated heterocycles. The van der Waals surface area contributed by atoms with Crippen molar-refractivity contribution in [2.45, 2.75) is 32.2 Å². The predicted molar refractivity (Wildman–Crippen MR) is 107 cm³/mol. The molecule has 0 aliphatic carbocycles. The molecule has 1 atom stereocenters. The molecule has 0 aliphatic heterocycles. The van der Waals surface area contributed by atoms with Crippen LogP contribution in [-0.4, -0.2) is 37.5 Å². The minimum atomic E-state index is -0.714. The van der Waals surface area contributed by atoms with Gasteiger partial charge < -0.3 is 15.4 Å². The Morgan fingerprint density at radius 1 is 1.00 bits per heavy atom. The molecule has 0 bridgehead atoms. The molecule has 0 fully saturated rings. The van der Waals surface area contributed by atoms with Gasteiger partial charge in [0.05, 0.1) is 7.11 Å². The summed E-state index contributed by atoms with van der Waals surface area (Å²) in [5, 5.41) is 5.61. The van der Waals surface area contributed by atoms with Crippen LogP contribution in [-0.2, 0) is 20.7 Å². The summed E-state index contributed by atoms with van der Waals surface area (Å²) in [6.45, 7) is 2.28. The Labute approximate surface area is 165 Å². The fourth-order valence-electron chi connectivity index (χ4n) is 2.68. The fraction of sp³-hybridized carbons (Fsp3) is 0.318. The lowest BCUT2D eigenvalue weighted by molar-refractivity contribution is -0.140. The van der Waals surface area contributed by atoms with Crippen molar-refractivity contribution in [3.05, 3.63) is 71.3 Å². The molecular weight excluding hydrogens is 356 g/mol. The van der Waals surface area contributed by atoms with Crippen LogP contribution in [0.15, 0.2) is 54.6 Å². The Kier molecular flexibility index (Phi) is 8.21. The van der Waals surface area contributed by atoms with Crippen LogP contribution in [0.25, 0.3) is 0 Å². The van der Waals surface area contributed by atoms with Crippen LogP contribution in [0, 0.1) is 6.92 Å². The van der Waals surface area contributed by atoms with Gasteiger partial charge in [0.2, 0.25) is 5.91 Å². The molecule has 6 heteroatoms. The topological polar surface area (TPSA) is 84.5 Å². The average molecular weight is 382 g/mol. The van der Waals surface area contributed by atoms with Gasteiger partial charge in [-0.3, -0.25) is 14.4 Å². The minimum Gasteiger partial charge on any atom is -0.469 e. The zero-order valence-corrected chi connectivity index (χ0v) is 16.2. The van der Waals surface area contributed by atoms with Crippen LogP contribution in [0.5, 0.6) is 0 Å². The molecule has 2 N–H and O–H groups in total. The van der Waals surface area contributed by atoms with E-state index in [1.807, 2.05) is 49.4 Å². The molecular formula is C22H26N2O4. The first-order chi connectivity index (χ1) is 13.5. The number of amides is 2. The van der Waals surface area contributed by atoms with E-state index in [1.54, 1.807) is 12.1 Å². The van der Waals surface area contributed by atoms with E-state index in [0.29, 0.717) is 24.9 Å². The van der Waals surface area contributed by atoms with Crippen LogP contribution >= 0.6 is 0 Å². The van der Waals surface area contributed by atoms with Gasteiger partial charge in [-0.05, 0) is 31.0 Å². The van der Waals surface area contributed by atoms with Gasteiger partial charge in [0, 0.05) is 24.9 Å². The average Bonchev–Trinajstić information content (AvgIpc) is 2.71. The van der Waals surface area contributed by atoms with Crippen molar-refractivity contribution >= 4 is 17.8 Å². The zero-order valence-electron chi connectivity index (χ0n) is 16.2. The fourth-order valence-corrected chi connectivity index (χ4v) is 2.68. The predicted octanol–water partition coefficient (Wildman–Crippen LogP) is 2.41. The number of hydrogen-bond acceptors (Lipinski definition) is 4. The summed E-state index contributed by atoms with van der Waals surface area (Å²) in [6, 6.07) is 16.0. The van der Waals surface area contributed by atoms with Gasteiger partial charge in [-0.25, -0.2) is 0 Å². The van der Waals surface area contributed by atoms with Crippen LogP contribution in [0.1, 0.15) is 34.3 Å². The lowest BCUT2D eigenvalue weighted by Gasteiger charge is -2.19. The van der Waals surface area contributed by atoms with Gasteiger partial charge in [0.15, 0.2) is 0 Å². The molecule has 1 unspecified atom stereocenters. The van der Waals surface area contributed by atoms with Crippen LogP contribution in [0.2, 0.25) is 0 Å². The summed E-state index contributed by atoms with van der Waals surface area (Å²) in [7, 11) is 1.33. The van der Waals surface area contributed by atoms with E-state index in [0.717, 1.165) is 11.1 Å². The summed E-state index contributed by atoms with van der Waals surface area (Å²) in [6.07, 6.45) is 1.08. The number of benzene rings is 2. The first kappa shape index (κ1) is 21.2. The highest BCUT2D eigenvalue weighted by molar-refractivity contribution is 5.97. The van der Waals surface area contributed by atoms with E-state index in [9.17, 15) is 14.4 Å². The van der Waals surface area contributed by atoms with Crippen molar-refractivity contribution in [3.63, 3.8) is 0 Å². The van der Waals surface area contributed by atoms with Crippen molar-refractivity contribution in [2.24, 2.45) is 0 Å². The van der Waals surface area contributed by atoms with Crippen molar-refractivity contribution in [2.75, 3.05) is 13.7 Å². The van der Waals surface area contributed by atoms with Crippen LogP contribution in [0.3, 0.4) is 0 Å². The number of esters is 1. The highest BCUT2D eigenvalue weighted by atomic mass is 16.5. The van der Waals surface area contributed by atoms with E-state index < -0.39 is 6.04 Å². The Balaban J connectivity index is 2.01. The number of nitrogens with one attached hydrogen (secondary N) is 2. The molecule has 2 aromatic rings. The molecule has 0 aliphatic rings. The highest BCUT2D eigenvalue weighted by Crippen LogP contribution is 2.07. The number of hydrogen-bond donors (Lipinski definition) is 2. The summed E-state index contributed by atoms with van der Waals surface area (Å²) in [5.74, 6) is -0.900. The van der Waals surface area contributed by atoms with E-state index in [4.69, 9.17) is 0 Å². The molecule has 2 amide bonds. The standard InChI is InChI=1S/C22H26N2O4/c1-16-10-12-18(13-11-16)21(26)24-19(15-17-7-4-3-5-8-17)22(27)23-14-6-9-20(25)28-2/h3-5,7-8,10-13,19H,6,9,14-15H2,1-2H3,(H,23,27)(H,24,26). The second kappa shape index (κ2) is 10.9. The minimum absolute atomic E-state index is 0.232. The van der Waals surface area contributed by atoms with Crippen LogP contribution in [0.4, 0.5) is 0 Å². The quantitative estimate of drug-likeness (QED) is 0.515. The summed E-state index contributed by atoms with van der Waals surface area (Å²) in [5.41, 5.74) is 2.50. The van der Waals surface area contributed by atoms with Crippen LogP contribution < -0.4 is 10.6 Å². The molecule has 0 saturated carbocycles. The molecule has 2 rings (SSSR count). The molecule has 148 valence electrons. The molecule has 0 heterocycles. The van der Waals surface area contributed by atoms with E-state index in [2.05, 4.69) is 15.4 Å². The Bertz CT molecular complexity index is 788. The number of methoxy groups -OCH3 is 1. The van der Waals surface area contributed by atoms with Gasteiger partial charge in [-0.15, -0.1) is 0 Å². The molecule has 0 aromatic heterocycles. The number of carbonyl (C=O) groups excluding carboxylic acids is 3. The molecule has 2 aromatic carbocycles. The van der Waals surface area contributed by atoms with Crippen molar-refractivity contribution < 1.29 is 19.1 Å². The van der Waals surface area contributed by atoms with Gasteiger partial charge in [-0.1, -0.05) is 48.0 Å². The monoisotopic (exact) mass is 382 g/mol. The number of carbonyl (C=O) groups is 3. The van der Waals surface area contributed by atoms with Crippen molar-refractivity contribution in [3.8, 4) is 0 Å². The SMILES string of the molecule is COC(=O)CCCNC(=O)C(Cc1ccccc1)NC(=O)c1ccc(C)cc1. The summed E-state index contributed by atoms with van der Waals surface area (Å²) in [4.78, 5) is 36.4. The maximum Gasteiger partial charge on any atom is 0.305 e. The molecule has 0 spiro atoms. The maximum absolute atomic E-state index is 12.6. The van der Waals surface area contributed by atoms with Gasteiger partial charge in [0.25, 0.3) is 5.91 Å². The van der Waals surface area contributed by atoms with E-state index in [1.165, 1.54) is 7.11 Å². The number of ether oxygens (including phenoxy) is 1. The summed E-state index contributed by atoms with van der Waals surface area (Å²) >= 11 is 0. The molecule has 28 heavy (non-hydrogen) atoms. The number of aryl methyl sites for hydroxylation is 1.